The van der Waals surface area contributed by atoms with E-state index in [9.17, 15) is 24.1 Å². The molecule has 9 heteroatoms. The maximum absolute atomic E-state index is 14.2. The molecule has 0 aliphatic carbocycles. The molecule has 3 aromatic carbocycles. The molecular weight excluding hydrogens is 457 g/mol. The molecule has 3 aromatic rings. The fraction of sp³-hybridized carbons (Fsp3) is 0.200. The summed E-state index contributed by atoms with van der Waals surface area (Å²) >= 11 is 1.07. The maximum Gasteiger partial charge on any atom is 0.270 e. The van der Waals surface area contributed by atoms with Gasteiger partial charge in [0.15, 0.2) is 5.78 Å². The lowest BCUT2D eigenvalue weighted by molar-refractivity contribution is -0.384. The van der Waals surface area contributed by atoms with Gasteiger partial charge in [0.2, 0.25) is 0 Å². The zero-order valence-corrected chi connectivity index (χ0v) is 19.3. The van der Waals surface area contributed by atoms with Crippen LogP contribution in [-0.2, 0) is 0 Å². The molecule has 1 saturated heterocycles. The lowest BCUT2D eigenvalue weighted by atomic mass is 10.1. The van der Waals surface area contributed by atoms with Gasteiger partial charge in [0.25, 0.3) is 11.6 Å². The summed E-state index contributed by atoms with van der Waals surface area (Å²) in [6, 6.07) is 17.6. The van der Waals surface area contributed by atoms with Crippen molar-refractivity contribution in [3.63, 3.8) is 0 Å². The second-order valence-corrected chi connectivity index (χ2v) is 8.94. The second kappa shape index (κ2) is 10.0. The Bertz CT molecular complexity index is 1240. The van der Waals surface area contributed by atoms with Crippen LogP contribution in [0.15, 0.2) is 76.5 Å². The molecular formula is C25H22FN3O4S. The number of halogens is 1. The largest absolute Gasteiger partial charge is 0.368 e. The number of Topliss-reactive ketones (excluding diaryl/α,β-unsaturated/α-hetero) is 1. The van der Waals surface area contributed by atoms with Gasteiger partial charge in [-0.05, 0) is 49.4 Å². The topological polar surface area (TPSA) is 83.8 Å². The molecule has 0 radical (unpaired) electrons. The third-order valence-corrected chi connectivity index (χ3v) is 6.79. The van der Waals surface area contributed by atoms with Gasteiger partial charge >= 0.3 is 0 Å². The molecule has 0 unspecified atom stereocenters. The first-order chi connectivity index (χ1) is 16.3. The van der Waals surface area contributed by atoms with Crippen LogP contribution in [0, 0.1) is 15.9 Å². The number of hydrogen-bond donors (Lipinski definition) is 0. The summed E-state index contributed by atoms with van der Waals surface area (Å²) in [7, 11) is 0. The molecule has 174 valence electrons. The van der Waals surface area contributed by atoms with Gasteiger partial charge in [0.05, 0.1) is 10.5 Å². The Kier molecular flexibility index (Phi) is 6.93. The monoisotopic (exact) mass is 479 g/mol. The quantitative estimate of drug-likeness (QED) is 0.280. The van der Waals surface area contributed by atoms with Crippen molar-refractivity contribution in [1.29, 1.82) is 0 Å². The highest BCUT2D eigenvalue weighted by molar-refractivity contribution is 7.99. The summed E-state index contributed by atoms with van der Waals surface area (Å²) in [5, 5.41) is 11.3. The van der Waals surface area contributed by atoms with Crippen molar-refractivity contribution in [2.45, 2.75) is 16.7 Å². The van der Waals surface area contributed by atoms with Crippen LogP contribution in [0.3, 0.4) is 0 Å². The highest BCUT2D eigenvalue weighted by Crippen LogP contribution is 2.35. The summed E-state index contributed by atoms with van der Waals surface area (Å²) in [6.07, 6.45) is 0. The Hall–Kier alpha value is -3.72. The second-order valence-electron chi connectivity index (χ2n) is 7.85. The number of ketones is 1. The smallest absolute Gasteiger partial charge is 0.270 e. The zero-order valence-electron chi connectivity index (χ0n) is 18.4. The van der Waals surface area contributed by atoms with Crippen LogP contribution in [0.25, 0.3) is 0 Å². The predicted octanol–water partition coefficient (Wildman–Crippen LogP) is 5.05. The molecule has 0 bridgehead atoms. The minimum atomic E-state index is -0.545. The van der Waals surface area contributed by atoms with Crippen molar-refractivity contribution in [3.05, 3.63) is 93.8 Å². The summed E-state index contributed by atoms with van der Waals surface area (Å²) in [5.41, 5.74) is 1.60. The minimum absolute atomic E-state index is 0.00276. The lowest BCUT2D eigenvalue weighted by Crippen LogP contribution is -2.48. The molecule has 4 rings (SSSR count). The van der Waals surface area contributed by atoms with E-state index in [1.807, 2.05) is 12.1 Å². The average Bonchev–Trinajstić information content (AvgIpc) is 2.85. The van der Waals surface area contributed by atoms with E-state index in [4.69, 9.17) is 0 Å². The molecule has 0 spiro atoms. The predicted molar refractivity (Wildman–Crippen MR) is 128 cm³/mol. The number of nitrogens with zero attached hydrogens (tertiary/aromatic N) is 3. The van der Waals surface area contributed by atoms with E-state index in [0.29, 0.717) is 41.5 Å². The number of nitro benzene ring substituents is 1. The Morgan fingerprint density at radius 1 is 0.941 bits per heavy atom. The number of anilines is 1. The van der Waals surface area contributed by atoms with Gasteiger partial charge in [-0.2, -0.15) is 0 Å². The number of rotatable bonds is 6. The van der Waals surface area contributed by atoms with Crippen LogP contribution in [0.4, 0.5) is 15.8 Å². The maximum atomic E-state index is 14.2. The summed E-state index contributed by atoms with van der Waals surface area (Å²) in [4.78, 5) is 40.2. The Labute approximate surface area is 200 Å². The first kappa shape index (κ1) is 23.4. The molecule has 0 N–H and O–H groups in total. The molecule has 0 aromatic heterocycles. The van der Waals surface area contributed by atoms with E-state index in [1.165, 1.54) is 31.2 Å². The van der Waals surface area contributed by atoms with Crippen molar-refractivity contribution in [1.82, 2.24) is 4.90 Å². The van der Waals surface area contributed by atoms with Crippen molar-refractivity contribution in [3.8, 4) is 0 Å². The summed E-state index contributed by atoms with van der Waals surface area (Å²) in [5.74, 6) is -0.745. The van der Waals surface area contributed by atoms with Gasteiger partial charge in [-0.3, -0.25) is 19.7 Å². The Balaban J connectivity index is 1.53. The van der Waals surface area contributed by atoms with E-state index in [1.54, 1.807) is 35.2 Å². The van der Waals surface area contributed by atoms with Gasteiger partial charge < -0.3 is 9.80 Å². The molecule has 1 amide bonds. The molecule has 1 aliphatic heterocycles. The van der Waals surface area contributed by atoms with Crippen LogP contribution in [-0.4, -0.2) is 47.7 Å². The highest BCUT2D eigenvalue weighted by atomic mass is 32.2. The molecule has 7 nitrogen and oxygen atoms in total. The van der Waals surface area contributed by atoms with Gasteiger partial charge in [0.1, 0.15) is 5.82 Å². The van der Waals surface area contributed by atoms with Gasteiger partial charge in [-0.1, -0.05) is 23.9 Å². The SMILES string of the molecule is CC(=O)c1ccc(N2CCN(C(=O)c3cc([N+](=O)[O-])ccc3Sc3ccccc3F)CC2)cc1. The normalized spacial score (nSPS) is 13.6. The van der Waals surface area contributed by atoms with E-state index in [2.05, 4.69) is 4.90 Å². The van der Waals surface area contributed by atoms with Crippen LogP contribution in [0.2, 0.25) is 0 Å². The van der Waals surface area contributed by atoms with Crippen molar-refractivity contribution in [2.75, 3.05) is 31.1 Å². The minimum Gasteiger partial charge on any atom is -0.368 e. The van der Waals surface area contributed by atoms with Gasteiger partial charge in [-0.25, -0.2) is 4.39 Å². The number of hydrogen-bond acceptors (Lipinski definition) is 6. The van der Waals surface area contributed by atoms with Crippen molar-refractivity contribution in [2.24, 2.45) is 0 Å². The number of amides is 1. The Morgan fingerprint density at radius 2 is 1.62 bits per heavy atom. The van der Waals surface area contributed by atoms with E-state index >= 15 is 0 Å². The van der Waals surface area contributed by atoms with Crippen molar-refractivity contribution >= 4 is 34.8 Å². The van der Waals surface area contributed by atoms with Crippen LogP contribution >= 0.6 is 11.8 Å². The Morgan fingerprint density at radius 3 is 2.24 bits per heavy atom. The zero-order chi connectivity index (χ0) is 24.2. The van der Waals surface area contributed by atoms with Crippen LogP contribution < -0.4 is 4.90 Å². The number of carbonyl (C=O) groups excluding carboxylic acids is 2. The number of nitro groups is 1. The number of non-ortho nitro benzene ring substituents is 1. The van der Waals surface area contributed by atoms with Gasteiger partial charge in [0, 0.05) is 59.4 Å². The lowest BCUT2D eigenvalue weighted by Gasteiger charge is -2.36. The molecule has 1 aliphatic rings. The summed E-state index contributed by atoms with van der Waals surface area (Å²) < 4.78 is 14.2. The first-order valence-electron chi connectivity index (χ1n) is 10.7. The molecule has 1 heterocycles. The van der Waals surface area contributed by atoms with E-state index in [0.717, 1.165) is 17.4 Å². The van der Waals surface area contributed by atoms with E-state index in [-0.39, 0.29) is 22.9 Å². The van der Waals surface area contributed by atoms with Gasteiger partial charge in [-0.15, -0.1) is 0 Å². The average molecular weight is 480 g/mol. The fourth-order valence-corrected chi connectivity index (χ4v) is 4.72. The van der Waals surface area contributed by atoms with Crippen LogP contribution in [0.5, 0.6) is 0 Å². The third kappa shape index (κ3) is 5.09. The number of carbonyl (C=O) groups is 2. The molecule has 0 saturated carbocycles. The number of piperazine rings is 1. The molecule has 1 fully saturated rings. The third-order valence-electron chi connectivity index (χ3n) is 5.67. The first-order valence-corrected chi connectivity index (χ1v) is 11.5. The molecule has 0 atom stereocenters. The van der Waals surface area contributed by atoms with Crippen molar-refractivity contribution < 1.29 is 18.9 Å². The fourth-order valence-electron chi connectivity index (χ4n) is 3.78. The highest BCUT2D eigenvalue weighted by Gasteiger charge is 2.26. The molecule has 34 heavy (non-hydrogen) atoms. The van der Waals surface area contributed by atoms with E-state index < -0.39 is 10.7 Å². The number of benzene rings is 3. The summed E-state index contributed by atoms with van der Waals surface area (Å²) in [6.45, 7) is 3.54. The standard InChI is InChI=1S/C25H22FN3O4S/c1-17(30)18-6-8-19(9-7-18)27-12-14-28(15-13-27)25(31)21-16-20(29(32)33)10-11-23(21)34-24-5-3-2-4-22(24)26/h2-11,16H,12-15H2,1H3. The van der Waals surface area contributed by atoms with Crippen LogP contribution in [0.1, 0.15) is 27.6 Å².